The van der Waals surface area contributed by atoms with Crippen molar-refractivity contribution in [3.63, 3.8) is 0 Å². The predicted molar refractivity (Wildman–Crippen MR) is 86.3 cm³/mol. The van der Waals surface area contributed by atoms with Gasteiger partial charge in [-0.2, -0.15) is 0 Å². The fourth-order valence-corrected chi connectivity index (χ4v) is 1.94. The Balaban J connectivity index is 1.76. The van der Waals surface area contributed by atoms with Crippen molar-refractivity contribution in [3.05, 3.63) is 40.6 Å². The fraction of sp³-hybridized carbons (Fsp3) is 0.467. The van der Waals surface area contributed by atoms with E-state index in [4.69, 9.17) is 4.74 Å². The molecule has 0 aliphatic rings. The molecule has 1 aromatic carbocycles. The topological polar surface area (TPSA) is 52.0 Å². The number of halogens is 1. The minimum Gasteiger partial charge on any atom is -0.492 e. The standard InChI is InChI=1S/C15H21BrN4O/c1-15(2,3)17-10-13-11-20(19-18-13)8-9-21-14-6-4-12(16)5-7-14/h4-7,11,17H,8-10H2,1-3H3. The maximum atomic E-state index is 5.66. The molecule has 0 amide bonds. The van der Waals surface area contributed by atoms with Gasteiger partial charge in [0.1, 0.15) is 12.4 Å². The number of ether oxygens (including phenoxy) is 1. The maximum Gasteiger partial charge on any atom is 0.119 e. The Kier molecular flexibility index (Phi) is 5.36. The minimum atomic E-state index is 0.0779. The van der Waals surface area contributed by atoms with E-state index in [9.17, 15) is 0 Å². The molecule has 0 saturated heterocycles. The fourth-order valence-electron chi connectivity index (χ4n) is 1.67. The van der Waals surface area contributed by atoms with Crippen LogP contribution in [0.4, 0.5) is 0 Å². The molecule has 2 aromatic rings. The number of rotatable bonds is 6. The lowest BCUT2D eigenvalue weighted by molar-refractivity contribution is 0.289. The van der Waals surface area contributed by atoms with E-state index >= 15 is 0 Å². The Morgan fingerprint density at radius 2 is 1.95 bits per heavy atom. The molecular weight excluding hydrogens is 332 g/mol. The van der Waals surface area contributed by atoms with E-state index < -0.39 is 0 Å². The van der Waals surface area contributed by atoms with E-state index in [0.29, 0.717) is 13.2 Å². The van der Waals surface area contributed by atoms with Crippen LogP contribution >= 0.6 is 15.9 Å². The van der Waals surface area contributed by atoms with Crippen molar-refractivity contribution in [2.75, 3.05) is 6.61 Å². The largest absolute Gasteiger partial charge is 0.492 e. The zero-order valence-corrected chi connectivity index (χ0v) is 14.2. The Morgan fingerprint density at radius 3 is 2.62 bits per heavy atom. The van der Waals surface area contributed by atoms with Gasteiger partial charge in [0.15, 0.2) is 0 Å². The van der Waals surface area contributed by atoms with E-state index in [1.54, 1.807) is 4.68 Å². The first-order chi connectivity index (χ1) is 9.92. The molecule has 0 radical (unpaired) electrons. The first kappa shape index (κ1) is 16.0. The summed E-state index contributed by atoms with van der Waals surface area (Å²) in [4.78, 5) is 0. The van der Waals surface area contributed by atoms with Crippen LogP contribution < -0.4 is 10.1 Å². The molecule has 1 aromatic heterocycles. The maximum absolute atomic E-state index is 5.66. The van der Waals surface area contributed by atoms with Gasteiger partial charge in [-0.3, -0.25) is 0 Å². The number of nitrogens with one attached hydrogen (secondary N) is 1. The quantitative estimate of drug-likeness (QED) is 0.868. The summed E-state index contributed by atoms with van der Waals surface area (Å²) in [6.45, 7) is 8.35. The van der Waals surface area contributed by atoms with Crippen LogP contribution in [-0.2, 0) is 13.1 Å². The van der Waals surface area contributed by atoms with Crippen LogP contribution in [-0.4, -0.2) is 27.1 Å². The van der Waals surface area contributed by atoms with Crippen molar-refractivity contribution in [2.24, 2.45) is 0 Å². The summed E-state index contributed by atoms with van der Waals surface area (Å²) in [7, 11) is 0. The molecule has 2 rings (SSSR count). The Hall–Kier alpha value is -1.40. The average molecular weight is 353 g/mol. The van der Waals surface area contributed by atoms with Crippen molar-refractivity contribution in [1.82, 2.24) is 20.3 Å². The van der Waals surface area contributed by atoms with E-state index in [-0.39, 0.29) is 5.54 Å². The molecule has 21 heavy (non-hydrogen) atoms. The molecular formula is C15H21BrN4O. The summed E-state index contributed by atoms with van der Waals surface area (Å²) in [6.07, 6.45) is 1.95. The zero-order chi connectivity index (χ0) is 15.3. The van der Waals surface area contributed by atoms with Crippen LogP contribution in [0.5, 0.6) is 5.75 Å². The molecule has 114 valence electrons. The van der Waals surface area contributed by atoms with Gasteiger partial charge in [-0.15, -0.1) is 5.10 Å². The van der Waals surface area contributed by atoms with Crippen molar-refractivity contribution >= 4 is 15.9 Å². The molecule has 0 aliphatic carbocycles. The van der Waals surface area contributed by atoms with Gasteiger partial charge in [0.25, 0.3) is 0 Å². The lowest BCUT2D eigenvalue weighted by Gasteiger charge is -2.19. The Bertz CT molecular complexity index is 560. The predicted octanol–water partition coefficient (Wildman–Crippen LogP) is 3.01. The summed E-state index contributed by atoms with van der Waals surface area (Å²) in [5.74, 6) is 0.855. The highest BCUT2D eigenvalue weighted by atomic mass is 79.9. The first-order valence-electron chi connectivity index (χ1n) is 6.95. The van der Waals surface area contributed by atoms with Crippen LogP contribution in [0.3, 0.4) is 0 Å². The smallest absolute Gasteiger partial charge is 0.119 e. The molecule has 0 bridgehead atoms. The van der Waals surface area contributed by atoms with E-state index in [0.717, 1.165) is 22.5 Å². The zero-order valence-electron chi connectivity index (χ0n) is 12.6. The lowest BCUT2D eigenvalue weighted by Crippen LogP contribution is -2.35. The SMILES string of the molecule is CC(C)(C)NCc1cn(CCOc2ccc(Br)cc2)nn1. The van der Waals surface area contributed by atoms with Gasteiger partial charge in [-0.05, 0) is 45.0 Å². The van der Waals surface area contributed by atoms with Crippen LogP contribution in [0.2, 0.25) is 0 Å². The molecule has 0 spiro atoms. The second-order valence-corrected chi connectivity index (χ2v) is 6.79. The van der Waals surface area contributed by atoms with Gasteiger partial charge in [0, 0.05) is 22.8 Å². The van der Waals surface area contributed by atoms with Crippen LogP contribution in [0.15, 0.2) is 34.9 Å². The molecule has 5 nitrogen and oxygen atoms in total. The van der Waals surface area contributed by atoms with Gasteiger partial charge in [-0.1, -0.05) is 21.1 Å². The first-order valence-corrected chi connectivity index (χ1v) is 7.74. The molecule has 1 N–H and O–H groups in total. The molecule has 0 atom stereocenters. The summed E-state index contributed by atoms with van der Waals surface area (Å²) in [6, 6.07) is 7.79. The highest BCUT2D eigenvalue weighted by Gasteiger charge is 2.10. The molecule has 0 aliphatic heterocycles. The molecule has 0 unspecified atom stereocenters. The average Bonchev–Trinajstić information content (AvgIpc) is 2.86. The minimum absolute atomic E-state index is 0.0779. The second-order valence-electron chi connectivity index (χ2n) is 5.88. The van der Waals surface area contributed by atoms with Crippen LogP contribution in [0.25, 0.3) is 0 Å². The van der Waals surface area contributed by atoms with Gasteiger partial charge in [0.05, 0.1) is 12.2 Å². The molecule has 0 fully saturated rings. The number of hydrogen-bond acceptors (Lipinski definition) is 4. The number of benzene rings is 1. The molecule has 6 heteroatoms. The van der Waals surface area contributed by atoms with E-state index in [1.807, 2.05) is 30.5 Å². The van der Waals surface area contributed by atoms with E-state index in [2.05, 4.69) is 52.3 Å². The number of aromatic nitrogens is 3. The van der Waals surface area contributed by atoms with Gasteiger partial charge >= 0.3 is 0 Å². The summed E-state index contributed by atoms with van der Waals surface area (Å²) in [5.41, 5.74) is 1.02. The van der Waals surface area contributed by atoms with Crippen molar-refractivity contribution < 1.29 is 4.74 Å². The summed E-state index contributed by atoms with van der Waals surface area (Å²) in [5, 5.41) is 11.6. The Morgan fingerprint density at radius 1 is 1.24 bits per heavy atom. The molecule has 1 heterocycles. The normalized spacial score (nSPS) is 11.6. The summed E-state index contributed by atoms with van der Waals surface area (Å²) < 4.78 is 8.51. The highest BCUT2D eigenvalue weighted by molar-refractivity contribution is 9.10. The Labute approximate surface area is 133 Å². The third-order valence-electron chi connectivity index (χ3n) is 2.79. The van der Waals surface area contributed by atoms with Gasteiger partial charge < -0.3 is 10.1 Å². The highest BCUT2D eigenvalue weighted by Crippen LogP contribution is 2.15. The van der Waals surface area contributed by atoms with Gasteiger partial charge in [-0.25, -0.2) is 4.68 Å². The van der Waals surface area contributed by atoms with Crippen molar-refractivity contribution in [2.45, 2.75) is 39.4 Å². The number of nitrogens with zero attached hydrogens (tertiary/aromatic N) is 3. The van der Waals surface area contributed by atoms with Crippen molar-refractivity contribution in [1.29, 1.82) is 0 Å². The third-order valence-corrected chi connectivity index (χ3v) is 3.32. The van der Waals surface area contributed by atoms with Crippen LogP contribution in [0.1, 0.15) is 26.5 Å². The molecule has 0 saturated carbocycles. The third kappa shape index (κ3) is 5.85. The monoisotopic (exact) mass is 352 g/mol. The van der Waals surface area contributed by atoms with Crippen molar-refractivity contribution in [3.8, 4) is 5.75 Å². The van der Waals surface area contributed by atoms with Crippen LogP contribution in [0, 0.1) is 0 Å². The number of hydrogen-bond donors (Lipinski definition) is 1. The van der Waals surface area contributed by atoms with Gasteiger partial charge in [0.2, 0.25) is 0 Å². The second kappa shape index (κ2) is 7.04. The summed E-state index contributed by atoms with van der Waals surface area (Å²) >= 11 is 3.40. The van der Waals surface area contributed by atoms with E-state index in [1.165, 1.54) is 0 Å². The lowest BCUT2D eigenvalue weighted by atomic mass is 10.1.